The van der Waals surface area contributed by atoms with E-state index in [0.29, 0.717) is 24.1 Å². The Kier molecular flexibility index (Phi) is 4.01. The molecule has 0 amide bonds. The standard InChI is InChI=1S/C13H12BrNO4/c1-19-5-4-15-7-10(13(17)18)12(16)9-3-2-8(14)6-11(9)15/h2-3,6-7H,4-5H2,1H3,(H,17,18). The van der Waals surface area contributed by atoms with E-state index in [1.54, 1.807) is 29.9 Å². The second kappa shape index (κ2) is 5.54. The van der Waals surface area contributed by atoms with Gasteiger partial charge in [0.2, 0.25) is 5.43 Å². The van der Waals surface area contributed by atoms with E-state index >= 15 is 0 Å². The Labute approximate surface area is 117 Å². The lowest BCUT2D eigenvalue weighted by molar-refractivity contribution is 0.0694. The van der Waals surface area contributed by atoms with Crippen LogP contribution in [0.4, 0.5) is 0 Å². The fourth-order valence-electron chi connectivity index (χ4n) is 1.89. The van der Waals surface area contributed by atoms with Gasteiger partial charge in [0.1, 0.15) is 5.56 Å². The molecule has 0 unspecified atom stereocenters. The molecule has 0 radical (unpaired) electrons. The molecule has 0 spiro atoms. The molecular weight excluding hydrogens is 314 g/mol. The number of ether oxygens (including phenoxy) is 1. The first kappa shape index (κ1) is 13.8. The summed E-state index contributed by atoms with van der Waals surface area (Å²) in [6.45, 7) is 0.910. The quantitative estimate of drug-likeness (QED) is 0.934. The van der Waals surface area contributed by atoms with E-state index in [9.17, 15) is 9.59 Å². The fourth-order valence-corrected chi connectivity index (χ4v) is 2.24. The molecule has 0 aliphatic rings. The van der Waals surface area contributed by atoms with Gasteiger partial charge in [-0.2, -0.15) is 0 Å². The van der Waals surface area contributed by atoms with Gasteiger partial charge in [-0.15, -0.1) is 0 Å². The number of hydrogen-bond acceptors (Lipinski definition) is 3. The summed E-state index contributed by atoms with van der Waals surface area (Å²) in [5.74, 6) is -1.22. The molecule has 1 N–H and O–H groups in total. The number of aromatic carboxylic acids is 1. The van der Waals surface area contributed by atoms with Gasteiger partial charge in [0.05, 0.1) is 12.1 Å². The molecule has 0 atom stereocenters. The Morgan fingerprint density at radius 2 is 2.21 bits per heavy atom. The Hall–Kier alpha value is -1.66. The maximum atomic E-state index is 12.1. The Balaban J connectivity index is 2.76. The van der Waals surface area contributed by atoms with Crippen molar-refractivity contribution in [3.63, 3.8) is 0 Å². The molecular formula is C13H12BrNO4. The van der Waals surface area contributed by atoms with Crippen LogP contribution in [-0.2, 0) is 11.3 Å². The molecule has 6 heteroatoms. The van der Waals surface area contributed by atoms with E-state index in [0.717, 1.165) is 4.47 Å². The van der Waals surface area contributed by atoms with Gasteiger partial charge in [0.25, 0.3) is 0 Å². The van der Waals surface area contributed by atoms with Gasteiger partial charge < -0.3 is 14.4 Å². The highest BCUT2D eigenvalue weighted by atomic mass is 79.9. The van der Waals surface area contributed by atoms with E-state index in [1.807, 2.05) is 0 Å². The number of benzene rings is 1. The Morgan fingerprint density at radius 1 is 1.47 bits per heavy atom. The van der Waals surface area contributed by atoms with Crippen LogP contribution in [0.25, 0.3) is 10.9 Å². The van der Waals surface area contributed by atoms with Crippen molar-refractivity contribution < 1.29 is 14.6 Å². The van der Waals surface area contributed by atoms with Gasteiger partial charge in [0.15, 0.2) is 0 Å². The fraction of sp³-hybridized carbons (Fsp3) is 0.231. The summed E-state index contributed by atoms with van der Waals surface area (Å²) in [4.78, 5) is 23.2. The van der Waals surface area contributed by atoms with Crippen LogP contribution in [0.1, 0.15) is 10.4 Å². The zero-order chi connectivity index (χ0) is 14.0. The van der Waals surface area contributed by atoms with Crippen LogP contribution < -0.4 is 5.43 Å². The molecule has 0 aliphatic carbocycles. The van der Waals surface area contributed by atoms with Crippen LogP contribution in [0.2, 0.25) is 0 Å². The highest BCUT2D eigenvalue weighted by molar-refractivity contribution is 9.10. The predicted molar refractivity (Wildman–Crippen MR) is 74.7 cm³/mol. The van der Waals surface area contributed by atoms with Gasteiger partial charge in [-0.05, 0) is 18.2 Å². The highest BCUT2D eigenvalue weighted by Crippen LogP contribution is 2.18. The van der Waals surface area contributed by atoms with Crippen molar-refractivity contribution in [3.8, 4) is 0 Å². The Bertz CT molecular complexity index is 693. The summed E-state index contributed by atoms with van der Waals surface area (Å²) in [6.07, 6.45) is 1.36. The van der Waals surface area contributed by atoms with E-state index in [-0.39, 0.29) is 5.56 Å². The summed E-state index contributed by atoms with van der Waals surface area (Å²) >= 11 is 3.34. The summed E-state index contributed by atoms with van der Waals surface area (Å²) in [5, 5.41) is 9.46. The molecule has 19 heavy (non-hydrogen) atoms. The topological polar surface area (TPSA) is 68.5 Å². The minimum Gasteiger partial charge on any atom is -0.477 e. The lowest BCUT2D eigenvalue weighted by Gasteiger charge is -2.12. The second-order valence-electron chi connectivity index (χ2n) is 4.02. The van der Waals surface area contributed by atoms with E-state index in [4.69, 9.17) is 9.84 Å². The van der Waals surface area contributed by atoms with E-state index in [2.05, 4.69) is 15.9 Å². The number of pyridine rings is 1. The zero-order valence-corrected chi connectivity index (χ0v) is 11.8. The molecule has 1 heterocycles. The maximum Gasteiger partial charge on any atom is 0.341 e. The van der Waals surface area contributed by atoms with Crippen LogP contribution in [0, 0.1) is 0 Å². The molecule has 0 bridgehead atoms. The minimum atomic E-state index is -1.22. The third-order valence-corrected chi connectivity index (χ3v) is 3.30. The molecule has 0 aliphatic heterocycles. The molecule has 5 nitrogen and oxygen atoms in total. The van der Waals surface area contributed by atoms with E-state index in [1.165, 1.54) is 6.20 Å². The van der Waals surface area contributed by atoms with Crippen molar-refractivity contribution in [1.82, 2.24) is 4.57 Å². The number of methoxy groups -OCH3 is 1. The first-order chi connectivity index (χ1) is 9.04. The molecule has 2 aromatic rings. The Morgan fingerprint density at radius 3 is 2.84 bits per heavy atom. The molecule has 1 aromatic carbocycles. The SMILES string of the molecule is COCCn1cc(C(=O)O)c(=O)c2ccc(Br)cc21. The normalized spacial score (nSPS) is 10.8. The summed E-state index contributed by atoms with van der Waals surface area (Å²) in [7, 11) is 1.57. The van der Waals surface area contributed by atoms with Gasteiger partial charge in [0, 0.05) is 29.7 Å². The molecule has 0 fully saturated rings. The summed E-state index contributed by atoms with van der Waals surface area (Å²) in [5.41, 5.74) is -0.0176. The van der Waals surface area contributed by atoms with Gasteiger partial charge in [-0.1, -0.05) is 15.9 Å². The average molecular weight is 326 g/mol. The number of carboxylic acid groups (broad SMARTS) is 1. The van der Waals surface area contributed by atoms with E-state index < -0.39 is 11.4 Å². The van der Waals surface area contributed by atoms with Crippen molar-refractivity contribution in [2.75, 3.05) is 13.7 Å². The summed E-state index contributed by atoms with van der Waals surface area (Å²) in [6, 6.07) is 5.13. The molecule has 0 saturated carbocycles. The number of fused-ring (bicyclic) bond motifs is 1. The van der Waals surface area contributed by atoms with Gasteiger partial charge in [-0.25, -0.2) is 4.79 Å². The van der Waals surface area contributed by atoms with Gasteiger partial charge >= 0.3 is 5.97 Å². The van der Waals surface area contributed by atoms with Crippen molar-refractivity contribution in [1.29, 1.82) is 0 Å². The lowest BCUT2D eigenvalue weighted by atomic mass is 10.1. The monoisotopic (exact) mass is 325 g/mol. The largest absolute Gasteiger partial charge is 0.477 e. The second-order valence-corrected chi connectivity index (χ2v) is 4.94. The first-order valence-electron chi connectivity index (χ1n) is 5.59. The number of carbonyl (C=O) groups is 1. The highest BCUT2D eigenvalue weighted by Gasteiger charge is 2.14. The maximum absolute atomic E-state index is 12.1. The number of rotatable bonds is 4. The van der Waals surface area contributed by atoms with Crippen molar-refractivity contribution in [2.45, 2.75) is 6.54 Å². The summed E-state index contributed by atoms with van der Waals surface area (Å²) < 4.78 is 7.54. The average Bonchev–Trinajstić information content (AvgIpc) is 2.37. The van der Waals surface area contributed by atoms with Crippen LogP contribution in [0.5, 0.6) is 0 Å². The van der Waals surface area contributed by atoms with Crippen LogP contribution in [0.3, 0.4) is 0 Å². The number of aromatic nitrogens is 1. The third-order valence-electron chi connectivity index (χ3n) is 2.81. The van der Waals surface area contributed by atoms with Gasteiger partial charge in [-0.3, -0.25) is 4.79 Å². The first-order valence-corrected chi connectivity index (χ1v) is 6.39. The third kappa shape index (κ3) is 2.69. The molecule has 2 rings (SSSR count). The van der Waals surface area contributed by atoms with Crippen LogP contribution in [0.15, 0.2) is 33.7 Å². The van der Waals surface area contributed by atoms with Crippen molar-refractivity contribution in [3.05, 3.63) is 44.7 Å². The van der Waals surface area contributed by atoms with Crippen LogP contribution >= 0.6 is 15.9 Å². The predicted octanol–water partition coefficient (Wildman–Crippen LogP) is 2.11. The van der Waals surface area contributed by atoms with Crippen LogP contribution in [-0.4, -0.2) is 29.4 Å². The molecule has 0 saturated heterocycles. The lowest BCUT2D eigenvalue weighted by Crippen LogP contribution is -2.19. The number of halogens is 1. The molecule has 1 aromatic heterocycles. The zero-order valence-electron chi connectivity index (χ0n) is 10.2. The molecule has 100 valence electrons. The van der Waals surface area contributed by atoms with Crippen molar-refractivity contribution in [2.24, 2.45) is 0 Å². The van der Waals surface area contributed by atoms with Crippen molar-refractivity contribution >= 4 is 32.8 Å². The minimum absolute atomic E-state index is 0.231. The number of carboxylic acids is 1. The number of hydrogen-bond donors (Lipinski definition) is 1. The number of nitrogens with zero attached hydrogens (tertiary/aromatic N) is 1. The smallest absolute Gasteiger partial charge is 0.341 e.